The number of nitrogens with zero attached hydrogens (tertiary/aromatic N) is 3. The maximum absolute atomic E-state index is 5.03. The molecule has 0 amide bonds. The summed E-state index contributed by atoms with van der Waals surface area (Å²) in [6, 6.07) is 7.81. The number of hydrogen-bond donors (Lipinski definition) is 1. The first-order valence-electron chi connectivity index (χ1n) is 10.6. The summed E-state index contributed by atoms with van der Waals surface area (Å²) in [4.78, 5) is 2.54. The van der Waals surface area contributed by atoms with Crippen LogP contribution in [0.5, 0.6) is 0 Å². The predicted octanol–water partition coefficient (Wildman–Crippen LogP) is 4.92. The van der Waals surface area contributed by atoms with E-state index in [0.717, 1.165) is 30.8 Å². The summed E-state index contributed by atoms with van der Waals surface area (Å²) in [5, 5.41) is 10.0. The van der Waals surface area contributed by atoms with Crippen molar-refractivity contribution in [2.75, 3.05) is 13.6 Å². The molecule has 0 radical (unpaired) electrons. The van der Waals surface area contributed by atoms with Crippen LogP contribution in [0.1, 0.15) is 77.9 Å². The fraction of sp³-hybridized carbons (Fsp3) is 0.696. The standard InChI is InChI=1S/C23H36N4/c1-16-7-10-20(24-14-16)17-8-9-18-15-27(25-21(18)11-17)19-12-22(2,3)26(6)23(4,5)13-19/h8-9,11,15-16,19-20,24H,7,10,12-14H2,1-6H3. The number of nitrogens with one attached hydrogen (secondary N) is 1. The summed E-state index contributed by atoms with van der Waals surface area (Å²) in [7, 11) is 2.26. The van der Waals surface area contributed by atoms with Crippen molar-refractivity contribution in [1.82, 2.24) is 20.0 Å². The van der Waals surface area contributed by atoms with E-state index in [4.69, 9.17) is 5.10 Å². The van der Waals surface area contributed by atoms with Crippen LogP contribution in [-0.2, 0) is 0 Å². The van der Waals surface area contributed by atoms with E-state index in [1.54, 1.807) is 0 Å². The first kappa shape index (κ1) is 18.9. The van der Waals surface area contributed by atoms with Crippen LogP contribution in [0.3, 0.4) is 0 Å². The van der Waals surface area contributed by atoms with Gasteiger partial charge in [-0.05, 0) is 84.5 Å². The van der Waals surface area contributed by atoms with Crippen molar-refractivity contribution in [2.24, 2.45) is 5.92 Å². The number of benzene rings is 1. The lowest BCUT2D eigenvalue weighted by atomic mass is 9.77. The Labute approximate surface area is 164 Å². The molecule has 1 aromatic heterocycles. The van der Waals surface area contributed by atoms with Gasteiger partial charge in [-0.2, -0.15) is 5.10 Å². The molecule has 2 atom stereocenters. The molecule has 2 unspecified atom stereocenters. The van der Waals surface area contributed by atoms with Crippen molar-refractivity contribution in [3.8, 4) is 0 Å². The van der Waals surface area contributed by atoms with Crippen LogP contribution < -0.4 is 5.32 Å². The van der Waals surface area contributed by atoms with Crippen LogP contribution in [0, 0.1) is 5.92 Å². The van der Waals surface area contributed by atoms with Crippen molar-refractivity contribution in [2.45, 2.75) is 83.5 Å². The third kappa shape index (κ3) is 3.54. The largest absolute Gasteiger partial charge is 0.310 e. The van der Waals surface area contributed by atoms with Gasteiger partial charge in [0.15, 0.2) is 0 Å². The van der Waals surface area contributed by atoms with E-state index in [2.05, 4.69) is 81.0 Å². The Bertz CT molecular complexity index is 793. The molecule has 0 aliphatic carbocycles. The van der Waals surface area contributed by atoms with E-state index >= 15 is 0 Å². The van der Waals surface area contributed by atoms with Gasteiger partial charge in [-0.3, -0.25) is 9.58 Å². The second-order valence-electron chi connectivity index (χ2n) is 10.3. The highest BCUT2D eigenvalue weighted by Gasteiger charge is 2.43. The average Bonchev–Trinajstić information content (AvgIpc) is 3.03. The van der Waals surface area contributed by atoms with Crippen molar-refractivity contribution in [3.63, 3.8) is 0 Å². The second-order valence-corrected chi connectivity index (χ2v) is 10.3. The van der Waals surface area contributed by atoms with Gasteiger partial charge in [0.05, 0.1) is 11.6 Å². The van der Waals surface area contributed by atoms with Gasteiger partial charge in [0.25, 0.3) is 0 Å². The van der Waals surface area contributed by atoms with Gasteiger partial charge < -0.3 is 5.32 Å². The van der Waals surface area contributed by atoms with Gasteiger partial charge in [0.1, 0.15) is 0 Å². The summed E-state index contributed by atoms with van der Waals surface area (Å²) in [5.41, 5.74) is 2.89. The zero-order valence-electron chi connectivity index (χ0n) is 17.9. The van der Waals surface area contributed by atoms with Gasteiger partial charge in [0, 0.05) is 28.7 Å². The predicted molar refractivity (Wildman–Crippen MR) is 113 cm³/mol. The Morgan fingerprint density at radius 1 is 1.07 bits per heavy atom. The van der Waals surface area contributed by atoms with Crippen molar-refractivity contribution < 1.29 is 0 Å². The minimum absolute atomic E-state index is 0.179. The Kier molecular flexibility index (Phi) is 4.63. The normalized spacial score (nSPS) is 29.3. The zero-order valence-corrected chi connectivity index (χ0v) is 17.9. The number of piperidine rings is 2. The topological polar surface area (TPSA) is 33.1 Å². The molecule has 4 nitrogen and oxygen atoms in total. The molecule has 2 aliphatic rings. The Morgan fingerprint density at radius 3 is 2.41 bits per heavy atom. The summed E-state index contributed by atoms with van der Waals surface area (Å²) < 4.78 is 2.25. The van der Waals surface area contributed by atoms with E-state index in [1.807, 2.05) is 0 Å². The molecular weight excluding hydrogens is 332 g/mol. The van der Waals surface area contributed by atoms with Crippen molar-refractivity contribution >= 4 is 10.9 Å². The van der Waals surface area contributed by atoms with Gasteiger partial charge in [-0.15, -0.1) is 0 Å². The molecule has 2 aromatic rings. The smallest absolute Gasteiger partial charge is 0.0926 e. The summed E-state index contributed by atoms with van der Waals surface area (Å²) >= 11 is 0. The molecule has 4 rings (SSSR count). The summed E-state index contributed by atoms with van der Waals surface area (Å²) in [6.07, 6.45) is 7.07. The minimum Gasteiger partial charge on any atom is -0.310 e. The number of likely N-dealkylation sites (tertiary alicyclic amines) is 1. The monoisotopic (exact) mass is 368 g/mol. The van der Waals surface area contributed by atoms with E-state index in [0.29, 0.717) is 12.1 Å². The number of hydrogen-bond acceptors (Lipinski definition) is 3. The molecule has 0 saturated carbocycles. The first-order chi connectivity index (χ1) is 12.7. The molecule has 148 valence electrons. The first-order valence-corrected chi connectivity index (χ1v) is 10.6. The Hall–Kier alpha value is -1.39. The maximum atomic E-state index is 5.03. The SMILES string of the molecule is CC1CCC(c2ccc3cn(C4CC(C)(C)N(C)C(C)(C)C4)nc3c2)NC1. The van der Waals surface area contributed by atoms with E-state index in [-0.39, 0.29) is 11.1 Å². The van der Waals surface area contributed by atoms with E-state index in [1.165, 1.54) is 23.8 Å². The molecule has 0 bridgehead atoms. The van der Waals surface area contributed by atoms with Gasteiger partial charge >= 0.3 is 0 Å². The third-order valence-corrected chi connectivity index (χ3v) is 7.27. The second kappa shape index (κ2) is 6.59. The van der Waals surface area contributed by atoms with Gasteiger partial charge in [-0.25, -0.2) is 0 Å². The molecule has 4 heteroatoms. The Balaban J connectivity index is 1.60. The van der Waals surface area contributed by atoms with Crippen LogP contribution in [0.4, 0.5) is 0 Å². The molecule has 0 spiro atoms. The quantitative estimate of drug-likeness (QED) is 0.817. The average molecular weight is 369 g/mol. The summed E-state index contributed by atoms with van der Waals surface area (Å²) in [6.45, 7) is 12.9. The Morgan fingerprint density at radius 2 is 1.78 bits per heavy atom. The lowest BCUT2D eigenvalue weighted by Gasteiger charge is -2.53. The molecule has 1 aromatic carbocycles. The third-order valence-electron chi connectivity index (χ3n) is 7.27. The lowest BCUT2D eigenvalue weighted by molar-refractivity contribution is -0.0284. The molecular formula is C23H36N4. The highest BCUT2D eigenvalue weighted by atomic mass is 15.3. The fourth-order valence-corrected chi connectivity index (χ4v) is 5.24. The van der Waals surface area contributed by atoms with Crippen LogP contribution in [0.15, 0.2) is 24.4 Å². The van der Waals surface area contributed by atoms with Gasteiger partial charge in [0.2, 0.25) is 0 Å². The van der Waals surface area contributed by atoms with Gasteiger partial charge in [-0.1, -0.05) is 19.1 Å². The number of rotatable bonds is 2. The molecule has 3 heterocycles. The van der Waals surface area contributed by atoms with Crippen LogP contribution in [-0.4, -0.2) is 39.4 Å². The highest BCUT2D eigenvalue weighted by molar-refractivity contribution is 5.78. The number of fused-ring (bicyclic) bond motifs is 1. The summed E-state index contributed by atoms with van der Waals surface area (Å²) in [5.74, 6) is 0.792. The van der Waals surface area contributed by atoms with Crippen molar-refractivity contribution in [3.05, 3.63) is 30.0 Å². The van der Waals surface area contributed by atoms with Crippen molar-refractivity contribution in [1.29, 1.82) is 0 Å². The highest BCUT2D eigenvalue weighted by Crippen LogP contribution is 2.42. The van der Waals surface area contributed by atoms with Crippen LogP contribution >= 0.6 is 0 Å². The molecule has 1 N–H and O–H groups in total. The minimum atomic E-state index is 0.179. The molecule has 2 fully saturated rings. The van der Waals surface area contributed by atoms with E-state index < -0.39 is 0 Å². The maximum Gasteiger partial charge on any atom is 0.0926 e. The molecule has 2 aliphatic heterocycles. The van der Waals surface area contributed by atoms with Crippen LogP contribution in [0.25, 0.3) is 10.9 Å². The zero-order chi connectivity index (χ0) is 19.4. The van der Waals surface area contributed by atoms with E-state index in [9.17, 15) is 0 Å². The molecule has 2 saturated heterocycles. The van der Waals surface area contributed by atoms with Crippen LogP contribution in [0.2, 0.25) is 0 Å². The molecule has 27 heavy (non-hydrogen) atoms. The fourth-order valence-electron chi connectivity index (χ4n) is 5.24. The number of aromatic nitrogens is 2. The lowest BCUT2D eigenvalue weighted by Crippen LogP contribution is -2.58.